The van der Waals surface area contributed by atoms with E-state index in [1.54, 1.807) is 0 Å². The van der Waals surface area contributed by atoms with Gasteiger partial charge in [0.15, 0.2) is 0 Å². The minimum atomic E-state index is -4.46. The van der Waals surface area contributed by atoms with Gasteiger partial charge in [-0.1, -0.05) is 12.1 Å². The third-order valence-electron chi connectivity index (χ3n) is 3.33. The van der Waals surface area contributed by atoms with Crippen molar-refractivity contribution in [2.24, 2.45) is 0 Å². The number of likely N-dealkylation sites (N-methyl/N-ethyl adjacent to an activating group) is 1. The molecular weight excluding hydrogens is 273 g/mol. The summed E-state index contributed by atoms with van der Waals surface area (Å²) < 4.78 is 38.6. The molecule has 0 saturated heterocycles. The Labute approximate surface area is 113 Å². The van der Waals surface area contributed by atoms with Crippen molar-refractivity contribution in [3.63, 3.8) is 0 Å². The standard InChI is InChI=1S/C13H13F3N2O2/c1-17-11(13(14,15)16)8-4-3-7-6-10(19)18(2)12(20)9(7)5-8/h3-5,11,17H,6H2,1-2H3. The summed E-state index contributed by atoms with van der Waals surface area (Å²) in [5.41, 5.74) is 0.558. The quantitative estimate of drug-likeness (QED) is 0.841. The molecule has 1 N–H and O–H groups in total. The Balaban J connectivity index is 2.47. The number of alkyl halides is 3. The molecule has 1 aromatic carbocycles. The fourth-order valence-electron chi connectivity index (χ4n) is 2.22. The number of hydrogen-bond acceptors (Lipinski definition) is 3. The topological polar surface area (TPSA) is 49.4 Å². The number of nitrogens with zero attached hydrogens (tertiary/aromatic N) is 1. The lowest BCUT2D eigenvalue weighted by atomic mass is 9.94. The molecule has 2 rings (SSSR count). The molecule has 20 heavy (non-hydrogen) atoms. The molecule has 1 heterocycles. The van der Waals surface area contributed by atoms with Crippen molar-refractivity contribution >= 4 is 11.8 Å². The van der Waals surface area contributed by atoms with Crippen LogP contribution in [0, 0.1) is 0 Å². The lowest BCUT2D eigenvalue weighted by Crippen LogP contribution is -2.39. The minimum absolute atomic E-state index is 0.0219. The molecule has 1 atom stereocenters. The first-order valence-electron chi connectivity index (χ1n) is 5.93. The SMILES string of the molecule is CNC(c1ccc2c(c1)C(=O)N(C)C(=O)C2)C(F)(F)F. The number of carbonyl (C=O) groups excluding carboxylic acids is 2. The Hall–Kier alpha value is -1.89. The molecule has 0 radical (unpaired) electrons. The summed E-state index contributed by atoms with van der Waals surface area (Å²) in [6.07, 6.45) is -4.43. The van der Waals surface area contributed by atoms with Crippen LogP contribution < -0.4 is 5.32 Å². The van der Waals surface area contributed by atoms with Crippen LogP contribution in [0.5, 0.6) is 0 Å². The van der Waals surface area contributed by atoms with E-state index in [-0.39, 0.29) is 23.5 Å². The Morgan fingerprint density at radius 2 is 1.95 bits per heavy atom. The Morgan fingerprint density at radius 3 is 2.50 bits per heavy atom. The van der Waals surface area contributed by atoms with Crippen molar-refractivity contribution in [3.05, 3.63) is 34.9 Å². The fraction of sp³-hybridized carbons (Fsp3) is 0.385. The predicted molar refractivity (Wildman–Crippen MR) is 65.1 cm³/mol. The molecule has 0 aromatic heterocycles. The molecule has 0 spiro atoms. The van der Waals surface area contributed by atoms with Gasteiger partial charge in [-0.15, -0.1) is 0 Å². The van der Waals surface area contributed by atoms with Crippen LogP contribution >= 0.6 is 0 Å². The number of halogens is 3. The van der Waals surface area contributed by atoms with Gasteiger partial charge in [0.05, 0.1) is 6.42 Å². The molecule has 2 amide bonds. The summed E-state index contributed by atoms with van der Waals surface area (Å²) in [6, 6.07) is 2.06. The molecule has 1 aromatic rings. The molecule has 7 heteroatoms. The number of hydrogen-bond donors (Lipinski definition) is 1. The molecule has 0 fully saturated rings. The zero-order chi connectivity index (χ0) is 15.1. The van der Waals surface area contributed by atoms with Gasteiger partial charge in [0, 0.05) is 12.6 Å². The van der Waals surface area contributed by atoms with E-state index < -0.39 is 18.1 Å². The van der Waals surface area contributed by atoms with Gasteiger partial charge >= 0.3 is 6.18 Å². The fourth-order valence-corrected chi connectivity index (χ4v) is 2.22. The molecule has 108 valence electrons. The minimum Gasteiger partial charge on any atom is -0.306 e. The molecular formula is C13H13F3N2O2. The second kappa shape index (κ2) is 4.90. The Kier molecular flexibility index (Phi) is 3.56. The van der Waals surface area contributed by atoms with Crippen molar-refractivity contribution in [2.45, 2.75) is 18.6 Å². The monoisotopic (exact) mass is 286 g/mol. The number of amides is 2. The lowest BCUT2D eigenvalue weighted by molar-refractivity contribution is -0.156. The van der Waals surface area contributed by atoms with Crippen LogP contribution in [0.1, 0.15) is 27.5 Å². The molecule has 4 nitrogen and oxygen atoms in total. The molecule has 0 bridgehead atoms. The lowest BCUT2D eigenvalue weighted by Gasteiger charge is -2.25. The van der Waals surface area contributed by atoms with Crippen LogP contribution in [0.3, 0.4) is 0 Å². The van der Waals surface area contributed by atoms with Gasteiger partial charge in [-0.2, -0.15) is 13.2 Å². The highest BCUT2D eigenvalue weighted by atomic mass is 19.4. The largest absolute Gasteiger partial charge is 0.407 e. The first kappa shape index (κ1) is 14.5. The molecule has 0 aliphatic carbocycles. The van der Waals surface area contributed by atoms with Crippen molar-refractivity contribution in [1.82, 2.24) is 10.2 Å². The van der Waals surface area contributed by atoms with E-state index in [2.05, 4.69) is 5.32 Å². The maximum atomic E-state index is 12.9. The Bertz CT molecular complexity index is 569. The first-order valence-corrected chi connectivity index (χ1v) is 5.93. The van der Waals surface area contributed by atoms with E-state index in [4.69, 9.17) is 0 Å². The van der Waals surface area contributed by atoms with Gasteiger partial charge < -0.3 is 5.32 Å². The first-order chi connectivity index (χ1) is 9.25. The Morgan fingerprint density at radius 1 is 1.30 bits per heavy atom. The maximum absolute atomic E-state index is 12.9. The van der Waals surface area contributed by atoms with E-state index in [0.717, 1.165) is 4.90 Å². The number of nitrogens with one attached hydrogen (secondary N) is 1. The van der Waals surface area contributed by atoms with Gasteiger partial charge in [-0.3, -0.25) is 14.5 Å². The number of rotatable bonds is 2. The zero-order valence-corrected chi connectivity index (χ0v) is 10.9. The second-order valence-corrected chi connectivity index (χ2v) is 4.61. The van der Waals surface area contributed by atoms with Crippen molar-refractivity contribution in [1.29, 1.82) is 0 Å². The summed E-state index contributed by atoms with van der Waals surface area (Å²) in [7, 11) is 2.52. The molecule has 1 unspecified atom stereocenters. The van der Waals surface area contributed by atoms with Crippen molar-refractivity contribution in [2.75, 3.05) is 14.1 Å². The summed E-state index contributed by atoms with van der Waals surface area (Å²) in [5, 5.41) is 2.18. The van der Waals surface area contributed by atoms with Crippen LogP contribution in [0.4, 0.5) is 13.2 Å². The average molecular weight is 286 g/mol. The normalized spacial score (nSPS) is 17.1. The molecule has 0 saturated carbocycles. The van der Waals surface area contributed by atoms with Gasteiger partial charge in [0.25, 0.3) is 5.91 Å². The predicted octanol–water partition coefficient (Wildman–Crippen LogP) is 1.66. The van der Waals surface area contributed by atoms with E-state index in [9.17, 15) is 22.8 Å². The van der Waals surface area contributed by atoms with Crippen LogP contribution in [0.15, 0.2) is 18.2 Å². The van der Waals surface area contributed by atoms with Crippen LogP contribution in [-0.4, -0.2) is 37.0 Å². The summed E-state index contributed by atoms with van der Waals surface area (Å²) >= 11 is 0. The van der Waals surface area contributed by atoms with Crippen molar-refractivity contribution < 1.29 is 22.8 Å². The van der Waals surface area contributed by atoms with Gasteiger partial charge in [0.1, 0.15) is 6.04 Å². The van der Waals surface area contributed by atoms with Crippen molar-refractivity contribution in [3.8, 4) is 0 Å². The van der Waals surface area contributed by atoms with Crippen LogP contribution in [0.25, 0.3) is 0 Å². The van der Waals surface area contributed by atoms with E-state index in [0.29, 0.717) is 5.56 Å². The maximum Gasteiger partial charge on any atom is 0.407 e. The van der Waals surface area contributed by atoms with Crippen LogP contribution in [0.2, 0.25) is 0 Å². The summed E-state index contributed by atoms with van der Waals surface area (Å²) in [4.78, 5) is 24.4. The highest BCUT2D eigenvalue weighted by Crippen LogP contribution is 2.34. The van der Waals surface area contributed by atoms with Gasteiger partial charge in [0.2, 0.25) is 5.91 Å². The van der Waals surface area contributed by atoms with Gasteiger partial charge in [-0.25, -0.2) is 0 Å². The van der Waals surface area contributed by atoms with Crippen LogP contribution in [-0.2, 0) is 11.2 Å². The number of carbonyl (C=O) groups is 2. The smallest absolute Gasteiger partial charge is 0.306 e. The number of benzene rings is 1. The van der Waals surface area contributed by atoms with E-state index in [1.807, 2.05) is 0 Å². The van der Waals surface area contributed by atoms with Gasteiger partial charge in [-0.05, 0) is 24.2 Å². The highest BCUT2D eigenvalue weighted by molar-refractivity contribution is 6.09. The molecule has 1 aliphatic heterocycles. The van der Waals surface area contributed by atoms with E-state index >= 15 is 0 Å². The second-order valence-electron chi connectivity index (χ2n) is 4.61. The summed E-state index contributed by atoms with van der Waals surface area (Å²) in [6.45, 7) is 0. The number of fused-ring (bicyclic) bond motifs is 1. The highest BCUT2D eigenvalue weighted by Gasteiger charge is 2.40. The average Bonchev–Trinajstić information content (AvgIpc) is 2.36. The third-order valence-corrected chi connectivity index (χ3v) is 3.33. The molecule has 1 aliphatic rings. The summed E-state index contributed by atoms with van der Waals surface area (Å²) in [5.74, 6) is -0.939. The number of imide groups is 1. The van der Waals surface area contributed by atoms with E-state index in [1.165, 1.54) is 32.3 Å². The zero-order valence-electron chi connectivity index (χ0n) is 10.9. The third kappa shape index (κ3) is 2.40.